The summed E-state index contributed by atoms with van der Waals surface area (Å²) in [5, 5.41) is 19.1. The number of alkyl halides is 1. The molecule has 2 aliphatic rings. The monoisotopic (exact) mass is 1260 g/mol. The molecule has 0 amide bonds. The van der Waals surface area contributed by atoms with Gasteiger partial charge in [0.2, 0.25) is 5.95 Å². The highest BCUT2D eigenvalue weighted by Crippen LogP contribution is 2.37. The molecule has 0 saturated carbocycles. The molecule has 0 bridgehead atoms. The topological polar surface area (TPSA) is 99.9 Å². The average Bonchev–Trinajstić information content (AvgIpc) is 3.92. The molecule has 0 saturated heterocycles. The molecular formula is C49H84Br5N14-. The van der Waals surface area contributed by atoms with Gasteiger partial charge in [-0.15, -0.1) is 10.2 Å². The van der Waals surface area contributed by atoms with E-state index in [2.05, 4.69) is 198 Å². The second-order valence-corrected chi connectivity index (χ2v) is 20.8. The van der Waals surface area contributed by atoms with Crippen LogP contribution in [-0.4, -0.2) is 137 Å². The van der Waals surface area contributed by atoms with Gasteiger partial charge in [0, 0.05) is 88.0 Å². The zero-order chi connectivity index (χ0) is 46.9. The Morgan fingerprint density at radius 2 is 1.12 bits per heavy atom. The SMILES string of the molecule is CC(C)(C)CCCBr.CCN1CCN(CC)c2cc(N=Nc3n(CCC[N+](C)(C)C)cc[n+]3CCC[N+](C)(C)C)ccc21.CCN1CCN(CC)c2cc(N=Nc3ncc[nH]3)ccc21.[Br-].[Br-].[Br-].[Br-]. The Labute approximate surface area is 461 Å². The number of hydrogen-bond donors (Lipinski definition) is 1. The highest BCUT2D eigenvalue weighted by atomic mass is 79.9. The number of azo groups is 2. The number of nitrogens with zero attached hydrogens (tertiary/aromatic N) is 13. The number of benzene rings is 2. The number of rotatable bonds is 18. The minimum absolute atomic E-state index is 0. The number of H-pyrrole nitrogens is 1. The lowest BCUT2D eigenvalue weighted by atomic mass is 9.91. The van der Waals surface area contributed by atoms with E-state index in [9.17, 15) is 0 Å². The van der Waals surface area contributed by atoms with Crippen molar-refractivity contribution in [1.29, 1.82) is 0 Å². The molecule has 0 spiro atoms. The predicted octanol–water partition coefficient (Wildman–Crippen LogP) is -1.24. The van der Waals surface area contributed by atoms with Crippen LogP contribution in [0.4, 0.5) is 46.0 Å². The molecule has 2 aromatic heterocycles. The van der Waals surface area contributed by atoms with Gasteiger partial charge >= 0.3 is 5.95 Å². The van der Waals surface area contributed by atoms with Crippen molar-refractivity contribution < 1.29 is 81.5 Å². The van der Waals surface area contributed by atoms with E-state index >= 15 is 0 Å². The molecule has 19 heteroatoms. The van der Waals surface area contributed by atoms with E-state index in [0.717, 1.165) is 123 Å². The molecule has 0 radical (unpaired) electrons. The fraction of sp³-hybridized carbons (Fsp3) is 0.633. The maximum absolute atomic E-state index is 4.81. The molecule has 1 N–H and O–H groups in total. The molecule has 68 heavy (non-hydrogen) atoms. The lowest BCUT2D eigenvalue weighted by Gasteiger charge is -2.38. The highest BCUT2D eigenvalue weighted by molar-refractivity contribution is 9.09. The minimum Gasteiger partial charge on any atom is -1.00 e. The smallest absolute Gasteiger partial charge is 0.421 e. The van der Waals surface area contributed by atoms with Crippen LogP contribution >= 0.6 is 15.9 Å². The van der Waals surface area contributed by atoms with Crippen molar-refractivity contribution in [3.8, 4) is 0 Å². The first-order valence-electron chi connectivity index (χ1n) is 23.7. The Kier molecular flexibility index (Phi) is 30.7. The van der Waals surface area contributed by atoms with Gasteiger partial charge in [-0.1, -0.05) is 41.8 Å². The molecule has 6 rings (SSSR count). The van der Waals surface area contributed by atoms with E-state index in [1.165, 1.54) is 35.6 Å². The predicted molar refractivity (Wildman–Crippen MR) is 274 cm³/mol. The number of likely N-dealkylation sites (N-methyl/N-ethyl adjacent to an activating group) is 4. The van der Waals surface area contributed by atoms with Crippen molar-refractivity contribution in [3.05, 3.63) is 61.2 Å². The number of anilines is 4. The first kappa shape index (κ1) is 65.6. The fourth-order valence-electron chi connectivity index (χ4n) is 7.94. The van der Waals surface area contributed by atoms with Gasteiger partial charge in [0.1, 0.15) is 5.69 Å². The zero-order valence-corrected chi connectivity index (χ0v) is 51.4. The number of imidazole rings is 2. The van der Waals surface area contributed by atoms with Crippen molar-refractivity contribution in [2.45, 2.75) is 87.2 Å². The van der Waals surface area contributed by atoms with Crippen LogP contribution in [-0.2, 0) is 13.1 Å². The summed E-state index contributed by atoms with van der Waals surface area (Å²) in [6.07, 6.45) is 12.6. The normalized spacial score (nSPS) is 13.6. The molecule has 2 aliphatic heterocycles. The van der Waals surface area contributed by atoms with Gasteiger partial charge in [0.05, 0.1) is 109 Å². The van der Waals surface area contributed by atoms with Crippen LogP contribution in [0.15, 0.2) is 81.6 Å². The van der Waals surface area contributed by atoms with E-state index in [1.807, 2.05) is 6.07 Å². The lowest BCUT2D eigenvalue weighted by molar-refractivity contribution is -0.873. The van der Waals surface area contributed by atoms with Crippen LogP contribution < -0.4 is 92.1 Å². The van der Waals surface area contributed by atoms with E-state index in [0.29, 0.717) is 11.4 Å². The molecule has 0 unspecified atom stereocenters. The van der Waals surface area contributed by atoms with Crippen molar-refractivity contribution in [1.82, 2.24) is 14.5 Å². The number of fused-ring (bicyclic) bond motifs is 2. The molecule has 0 aliphatic carbocycles. The summed E-state index contributed by atoms with van der Waals surface area (Å²) in [4.78, 5) is 16.6. The number of aryl methyl sites for hydroxylation is 2. The van der Waals surface area contributed by atoms with E-state index in [1.54, 1.807) is 12.4 Å². The molecule has 4 aromatic rings. The van der Waals surface area contributed by atoms with E-state index in [-0.39, 0.29) is 67.9 Å². The van der Waals surface area contributed by atoms with E-state index in [4.69, 9.17) is 10.2 Å². The molecule has 0 fully saturated rings. The molecule has 2 aromatic carbocycles. The average molecular weight is 1270 g/mol. The first-order valence-corrected chi connectivity index (χ1v) is 24.9. The Balaban J connectivity index is 0.00000116. The Morgan fingerprint density at radius 1 is 0.647 bits per heavy atom. The number of nitrogens with one attached hydrogen (secondary N) is 1. The summed E-state index contributed by atoms with van der Waals surface area (Å²) in [6.45, 7) is 28.1. The first-order chi connectivity index (χ1) is 30.4. The fourth-order valence-corrected chi connectivity index (χ4v) is 8.22. The van der Waals surface area contributed by atoms with Gasteiger partial charge in [0.25, 0.3) is 0 Å². The maximum atomic E-state index is 4.81. The minimum atomic E-state index is 0. The van der Waals surface area contributed by atoms with Crippen LogP contribution in [0, 0.1) is 5.41 Å². The number of aromatic amines is 1. The second-order valence-electron chi connectivity index (χ2n) is 20.1. The third-order valence-electron chi connectivity index (χ3n) is 11.5. The lowest BCUT2D eigenvalue weighted by Crippen LogP contribution is -3.00. The molecular weight excluding hydrogens is 1180 g/mol. The third-order valence-corrected chi connectivity index (χ3v) is 12.1. The summed E-state index contributed by atoms with van der Waals surface area (Å²) >= 11 is 3.40. The van der Waals surface area contributed by atoms with Gasteiger partial charge in [-0.05, 0) is 82.3 Å². The van der Waals surface area contributed by atoms with Gasteiger partial charge in [-0.2, -0.15) is 0 Å². The van der Waals surface area contributed by atoms with Crippen molar-refractivity contribution in [2.24, 2.45) is 25.9 Å². The summed E-state index contributed by atoms with van der Waals surface area (Å²) < 4.78 is 6.47. The van der Waals surface area contributed by atoms with Crippen molar-refractivity contribution >= 4 is 62.0 Å². The number of aromatic nitrogens is 4. The number of halogens is 5. The third kappa shape index (κ3) is 21.9. The summed E-state index contributed by atoms with van der Waals surface area (Å²) in [5.41, 5.74) is 7.38. The van der Waals surface area contributed by atoms with Crippen LogP contribution in [0.5, 0.6) is 0 Å². The van der Waals surface area contributed by atoms with Gasteiger partial charge in [-0.3, -0.25) is 0 Å². The molecule has 4 heterocycles. The maximum Gasteiger partial charge on any atom is 0.421 e. The summed E-state index contributed by atoms with van der Waals surface area (Å²) in [5.74, 6) is 1.46. The molecule has 0 atom stereocenters. The number of hydrogen-bond acceptors (Lipinski definition) is 9. The highest BCUT2D eigenvalue weighted by Gasteiger charge is 2.24. The zero-order valence-electron chi connectivity index (χ0n) is 43.5. The second kappa shape index (κ2) is 31.8. The van der Waals surface area contributed by atoms with Gasteiger partial charge in [-0.25, -0.2) is 14.1 Å². The van der Waals surface area contributed by atoms with Crippen molar-refractivity contribution in [3.63, 3.8) is 0 Å². The van der Waals surface area contributed by atoms with Crippen LogP contribution in [0.2, 0.25) is 0 Å². The van der Waals surface area contributed by atoms with Crippen LogP contribution in [0.1, 0.15) is 74.1 Å². The standard InChI is InChI=1S/C27H49N8.C15H20N6.C7H15Br.4BrH/c1-9-30-17-18-31(10-2)26-23-24(13-14-25(26)30)28-29-27-32(15-11-21-34(3,4)5)19-20-33(27)16-12-22-35(6,7)8;1-3-20-9-10-21(4-2)14-11-12(5-6-13(14)20)18-19-15-16-7-8-17-15;1-7(2,3)5-4-6-8;;;;/h13-14,19-20,23H,9-12,15-18,21-22H2,1-8H3;5-8,11H,3-4,9-10H2,1-2H3,(H,16,17);4-6H2,1-3H3;4*1H/q+3;;;;;;/p-4. The van der Waals surface area contributed by atoms with Gasteiger partial charge in [0.15, 0.2) is 0 Å². The van der Waals surface area contributed by atoms with Gasteiger partial charge < -0.3 is 101 Å². The Bertz CT molecular complexity index is 2000. The molecule has 386 valence electrons. The van der Waals surface area contributed by atoms with Crippen LogP contribution in [0.25, 0.3) is 0 Å². The van der Waals surface area contributed by atoms with E-state index < -0.39 is 0 Å². The summed E-state index contributed by atoms with van der Waals surface area (Å²) in [6, 6.07) is 12.8. The quantitative estimate of drug-likeness (QED) is 0.0583. The number of quaternary nitrogens is 2. The van der Waals surface area contributed by atoms with Crippen LogP contribution in [0.3, 0.4) is 0 Å². The van der Waals surface area contributed by atoms with Crippen molar-refractivity contribution in [2.75, 3.05) is 133 Å². The Morgan fingerprint density at radius 3 is 1.53 bits per heavy atom. The molecule has 14 nitrogen and oxygen atoms in total. The summed E-state index contributed by atoms with van der Waals surface area (Å²) in [7, 11) is 13.5. The Hall–Kier alpha value is -2.42. The largest absolute Gasteiger partial charge is 1.00 e.